The number of amides is 1. The van der Waals surface area contributed by atoms with Crippen molar-refractivity contribution in [1.82, 2.24) is 0 Å². The number of non-ortho nitro benzene ring substituents is 1. The Balaban J connectivity index is 1.62. The molecule has 8 nitrogen and oxygen atoms in total. The van der Waals surface area contributed by atoms with E-state index in [0.717, 1.165) is 5.56 Å². The van der Waals surface area contributed by atoms with Crippen LogP contribution in [0.4, 0.5) is 17.1 Å². The van der Waals surface area contributed by atoms with Gasteiger partial charge in [0.05, 0.1) is 9.82 Å². The van der Waals surface area contributed by atoms with Gasteiger partial charge in [0.2, 0.25) is 5.91 Å². The van der Waals surface area contributed by atoms with E-state index in [1.165, 1.54) is 60.7 Å². The molecule has 0 radical (unpaired) electrons. The van der Waals surface area contributed by atoms with Gasteiger partial charge in [0.15, 0.2) is 0 Å². The van der Waals surface area contributed by atoms with Gasteiger partial charge < -0.3 is 5.32 Å². The Morgan fingerprint density at radius 2 is 1.48 bits per heavy atom. The summed E-state index contributed by atoms with van der Waals surface area (Å²) in [7, 11) is -3.75. The van der Waals surface area contributed by atoms with Gasteiger partial charge in [0, 0.05) is 29.6 Å². The van der Waals surface area contributed by atoms with E-state index in [0.29, 0.717) is 16.9 Å². The Morgan fingerprint density at radius 3 is 2.06 bits per heavy atom. The molecule has 1 amide bonds. The van der Waals surface area contributed by atoms with Gasteiger partial charge in [0.25, 0.3) is 15.7 Å². The number of nitro groups is 1. The molecular formula is C22H19N3O5S. The molecule has 0 aromatic heterocycles. The van der Waals surface area contributed by atoms with Crippen molar-refractivity contribution in [3.63, 3.8) is 0 Å². The number of nitrogens with one attached hydrogen (secondary N) is 2. The molecule has 0 saturated carbocycles. The summed E-state index contributed by atoms with van der Waals surface area (Å²) in [6.07, 6.45) is 2.80. The minimum Gasteiger partial charge on any atom is -0.323 e. The maximum atomic E-state index is 12.5. The first-order chi connectivity index (χ1) is 14.7. The van der Waals surface area contributed by atoms with Gasteiger partial charge in [-0.05, 0) is 67.1 Å². The molecule has 0 spiro atoms. The molecule has 0 unspecified atom stereocenters. The van der Waals surface area contributed by atoms with E-state index in [-0.39, 0.29) is 10.6 Å². The van der Waals surface area contributed by atoms with E-state index >= 15 is 0 Å². The van der Waals surface area contributed by atoms with Crippen molar-refractivity contribution in [1.29, 1.82) is 0 Å². The monoisotopic (exact) mass is 437 g/mol. The summed E-state index contributed by atoms with van der Waals surface area (Å²) in [6.45, 7) is 1.91. The lowest BCUT2D eigenvalue weighted by Gasteiger charge is -2.09. The number of nitrogens with zero attached hydrogens (tertiary/aromatic N) is 1. The molecule has 2 N–H and O–H groups in total. The molecule has 0 bridgehead atoms. The van der Waals surface area contributed by atoms with E-state index in [9.17, 15) is 23.3 Å². The predicted octanol–water partition coefficient (Wildman–Crippen LogP) is 4.36. The average molecular weight is 437 g/mol. The fourth-order valence-electron chi connectivity index (χ4n) is 2.62. The Labute approximate surface area is 179 Å². The van der Waals surface area contributed by atoms with Crippen molar-refractivity contribution < 1.29 is 18.1 Å². The van der Waals surface area contributed by atoms with Gasteiger partial charge in [-0.1, -0.05) is 17.7 Å². The van der Waals surface area contributed by atoms with Crippen LogP contribution in [0.25, 0.3) is 6.08 Å². The molecule has 0 aliphatic heterocycles. The van der Waals surface area contributed by atoms with Crippen molar-refractivity contribution in [2.45, 2.75) is 11.8 Å². The summed E-state index contributed by atoms with van der Waals surface area (Å²) in [4.78, 5) is 22.3. The summed E-state index contributed by atoms with van der Waals surface area (Å²) in [5, 5.41) is 13.3. The molecule has 0 aliphatic rings. The zero-order chi connectivity index (χ0) is 22.4. The standard InChI is InChI=1S/C22H19N3O5S/c1-16-2-7-19(8-3-16)24-31(29,30)21-13-9-18(10-14-21)23-22(26)15-6-17-4-11-20(12-5-17)25(27)28/h2-15,24H,1H3,(H,23,26)/b15-6+. The van der Waals surface area contributed by atoms with Crippen molar-refractivity contribution >= 4 is 39.1 Å². The van der Waals surface area contributed by atoms with Crippen LogP contribution in [0.15, 0.2) is 83.8 Å². The summed E-state index contributed by atoms with van der Waals surface area (Å²) >= 11 is 0. The third-order valence-electron chi connectivity index (χ3n) is 4.27. The number of carbonyl (C=O) groups is 1. The highest BCUT2D eigenvalue weighted by atomic mass is 32.2. The van der Waals surface area contributed by atoms with E-state index in [4.69, 9.17) is 0 Å². The highest BCUT2D eigenvalue weighted by Crippen LogP contribution is 2.19. The third kappa shape index (κ3) is 6.00. The van der Waals surface area contributed by atoms with E-state index in [1.54, 1.807) is 24.3 Å². The molecular weight excluding hydrogens is 418 g/mol. The van der Waals surface area contributed by atoms with Crippen LogP contribution < -0.4 is 10.0 Å². The smallest absolute Gasteiger partial charge is 0.269 e. The summed E-state index contributed by atoms with van der Waals surface area (Å²) in [5.74, 6) is -0.424. The first-order valence-electron chi connectivity index (χ1n) is 9.16. The number of anilines is 2. The maximum Gasteiger partial charge on any atom is 0.269 e. The number of sulfonamides is 1. The molecule has 3 aromatic carbocycles. The lowest BCUT2D eigenvalue weighted by Crippen LogP contribution is -2.13. The lowest BCUT2D eigenvalue weighted by molar-refractivity contribution is -0.384. The zero-order valence-corrected chi connectivity index (χ0v) is 17.3. The summed E-state index contributed by atoms with van der Waals surface area (Å²) in [5.41, 5.74) is 2.50. The fraction of sp³-hybridized carbons (Fsp3) is 0.0455. The van der Waals surface area contributed by atoms with E-state index in [2.05, 4.69) is 10.0 Å². The van der Waals surface area contributed by atoms with Crippen LogP contribution in [0.2, 0.25) is 0 Å². The van der Waals surface area contributed by atoms with Crippen LogP contribution in [-0.4, -0.2) is 19.2 Å². The van der Waals surface area contributed by atoms with Crippen LogP contribution in [0, 0.1) is 17.0 Å². The first kappa shape index (κ1) is 21.7. The second-order valence-electron chi connectivity index (χ2n) is 6.67. The normalized spacial score (nSPS) is 11.3. The van der Waals surface area contributed by atoms with Gasteiger partial charge in [0.1, 0.15) is 0 Å². The van der Waals surface area contributed by atoms with Crippen LogP contribution in [-0.2, 0) is 14.8 Å². The largest absolute Gasteiger partial charge is 0.323 e. The van der Waals surface area contributed by atoms with Gasteiger partial charge in [-0.25, -0.2) is 8.42 Å². The Morgan fingerprint density at radius 1 is 0.903 bits per heavy atom. The Bertz CT molecular complexity index is 1220. The molecule has 3 aromatic rings. The number of nitro benzene ring substituents is 1. The number of carbonyl (C=O) groups excluding carboxylic acids is 1. The first-order valence-corrected chi connectivity index (χ1v) is 10.6. The molecule has 3 rings (SSSR count). The molecule has 0 atom stereocenters. The number of benzene rings is 3. The molecule has 0 saturated heterocycles. The Hall–Kier alpha value is -3.98. The van der Waals surface area contributed by atoms with Gasteiger partial charge >= 0.3 is 0 Å². The van der Waals surface area contributed by atoms with Gasteiger partial charge in [-0.3, -0.25) is 19.6 Å². The van der Waals surface area contributed by atoms with Crippen molar-refractivity contribution in [3.05, 3.63) is 100 Å². The number of rotatable bonds is 7. The van der Waals surface area contributed by atoms with Crippen LogP contribution in [0.5, 0.6) is 0 Å². The number of hydrogen-bond donors (Lipinski definition) is 2. The van der Waals surface area contributed by atoms with E-state index < -0.39 is 20.9 Å². The minimum atomic E-state index is -3.75. The maximum absolute atomic E-state index is 12.5. The van der Waals surface area contributed by atoms with Crippen LogP contribution >= 0.6 is 0 Å². The van der Waals surface area contributed by atoms with Crippen molar-refractivity contribution in [3.8, 4) is 0 Å². The van der Waals surface area contributed by atoms with Gasteiger partial charge in [-0.2, -0.15) is 0 Å². The molecule has 158 valence electrons. The van der Waals surface area contributed by atoms with Crippen LogP contribution in [0.1, 0.15) is 11.1 Å². The third-order valence-corrected chi connectivity index (χ3v) is 5.66. The molecule has 9 heteroatoms. The highest BCUT2D eigenvalue weighted by molar-refractivity contribution is 7.92. The molecule has 31 heavy (non-hydrogen) atoms. The summed E-state index contributed by atoms with van der Waals surface area (Å²) in [6, 6.07) is 18.5. The second kappa shape index (κ2) is 9.23. The fourth-order valence-corrected chi connectivity index (χ4v) is 3.67. The second-order valence-corrected chi connectivity index (χ2v) is 8.35. The zero-order valence-electron chi connectivity index (χ0n) is 16.5. The van der Waals surface area contributed by atoms with Crippen molar-refractivity contribution in [2.75, 3.05) is 10.0 Å². The SMILES string of the molecule is Cc1ccc(NS(=O)(=O)c2ccc(NC(=O)/C=C/c3ccc([N+](=O)[O-])cc3)cc2)cc1. The average Bonchev–Trinajstić information content (AvgIpc) is 2.74. The highest BCUT2D eigenvalue weighted by Gasteiger charge is 2.14. The number of aryl methyl sites for hydroxylation is 1. The van der Waals surface area contributed by atoms with E-state index in [1.807, 2.05) is 6.92 Å². The van der Waals surface area contributed by atoms with Gasteiger partial charge in [-0.15, -0.1) is 0 Å². The van der Waals surface area contributed by atoms with Crippen molar-refractivity contribution in [2.24, 2.45) is 0 Å². The molecule has 0 aliphatic carbocycles. The lowest BCUT2D eigenvalue weighted by atomic mass is 10.2. The topological polar surface area (TPSA) is 118 Å². The predicted molar refractivity (Wildman–Crippen MR) is 119 cm³/mol. The minimum absolute atomic E-state index is 0.0338. The number of hydrogen-bond acceptors (Lipinski definition) is 5. The summed E-state index contributed by atoms with van der Waals surface area (Å²) < 4.78 is 27.5. The quantitative estimate of drug-likeness (QED) is 0.323. The van der Waals surface area contributed by atoms with Crippen LogP contribution in [0.3, 0.4) is 0 Å². The Kier molecular flexibility index (Phi) is 6.46. The molecule has 0 heterocycles. The molecule has 0 fully saturated rings.